The molecule has 130 valence electrons. The van der Waals surface area contributed by atoms with Crippen LogP contribution in [0.25, 0.3) is 0 Å². The minimum absolute atomic E-state index is 0.0644. The van der Waals surface area contributed by atoms with E-state index in [2.05, 4.69) is 5.32 Å². The van der Waals surface area contributed by atoms with Crippen molar-refractivity contribution in [3.63, 3.8) is 0 Å². The van der Waals surface area contributed by atoms with Crippen LogP contribution in [0.3, 0.4) is 0 Å². The molecule has 2 atom stereocenters. The van der Waals surface area contributed by atoms with Gasteiger partial charge < -0.3 is 15.3 Å². The number of rotatable bonds is 6. The Labute approximate surface area is 151 Å². The Balaban J connectivity index is 2.15. The summed E-state index contributed by atoms with van der Waals surface area (Å²) in [5.41, 5.74) is 2.19. The molecule has 0 spiro atoms. The Morgan fingerprint density at radius 3 is 2.58 bits per heavy atom. The van der Waals surface area contributed by atoms with Gasteiger partial charge in [-0.25, -0.2) is 4.79 Å². The van der Waals surface area contributed by atoms with E-state index >= 15 is 0 Å². The molecular weight excluding hydrogens is 344 g/mol. The maximum absolute atomic E-state index is 11.7. The lowest BCUT2D eigenvalue weighted by Gasteiger charge is -2.30. The molecule has 1 aromatic carbocycles. The second-order valence-electron chi connectivity index (χ2n) is 5.70. The SMILES string of the molecule is CCNC(=O)CCC(=S)N1C(c2ccc(C)cc2)SC[C@H]1C(=O)O. The van der Waals surface area contributed by atoms with Gasteiger partial charge in [-0.1, -0.05) is 42.0 Å². The summed E-state index contributed by atoms with van der Waals surface area (Å²) < 4.78 is 0. The lowest BCUT2D eigenvalue weighted by molar-refractivity contribution is -0.140. The van der Waals surface area contributed by atoms with Gasteiger partial charge in [-0.05, 0) is 19.4 Å². The smallest absolute Gasteiger partial charge is 0.327 e. The summed E-state index contributed by atoms with van der Waals surface area (Å²) in [7, 11) is 0. The van der Waals surface area contributed by atoms with E-state index in [1.165, 1.54) is 0 Å². The van der Waals surface area contributed by atoms with E-state index in [0.29, 0.717) is 23.7 Å². The highest BCUT2D eigenvalue weighted by Crippen LogP contribution is 2.42. The van der Waals surface area contributed by atoms with Crippen LogP contribution >= 0.6 is 24.0 Å². The molecule has 2 N–H and O–H groups in total. The van der Waals surface area contributed by atoms with Crippen LogP contribution in [0.5, 0.6) is 0 Å². The number of hydrogen-bond donors (Lipinski definition) is 2. The van der Waals surface area contributed by atoms with Gasteiger partial charge in [-0.3, -0.25) is 4.79 Å². The van der Waals surface area contributed by atoms with Crippen molar-refractivity contribution in [2.75, 3.05) is 12.3 Å². The van der Waals surface area contributed by atoms with Crippen LogP contribution in [0, 0.1) is 6.92 Å². The third-order valence-electron chi connectivity index (χ3n) is 3.88. The molecule has 1 heterocycles. The normalized spacial score (nSPS) is 20.0. The van der Waals surface area contributed by atoms with Crippen molar-refractivity contribution in [2.24, 2.45) is 0 Å². The van der Waals surface area contributed by atoms with Gasteiger partial charge in [0.2, 0.25) is 5.91 Å². The first kappa shape index (κ1) is 18.7. The molecule has 0 aliphatic carbocycles. The number of benzene rings is 1. The fraction of sp³-hybridized carbons (Fsp3) is 0.471. The number of amides is 1. The Hall–Kier alpha value is -1.60. The van der Waals surface area contributed by atoms with Crippen molar-refractivity contribution in [2.45, 2.75) is 38.1 Å². The molecule has 7 heteroatoms. The third kappa shape index (κ3) is 4.48. The van der Waals surface area contributed by atoms with E-state index in [1.807, 2.05) is 38.1 Å². The number of aliphatic carboxylic acids is 1. The molecule has 0 radical (unpaired) electrons. The van der Waals surface area contributed by atoms with Gasteiger partial charge in [0.1, 0.15) is 11.4 Å². The molecular formula is C17H22N2O3S2. The molecule has 1 aliphatic heterocycles. The number of hydrogen-bond acceptors (Lipinski definition) is 4. The monoisotopic (exact) mass is 366 g/mol. The van der Waals surface area contributed by atoms with Crippen LogP contribution in [0.4, 0.5) is 0 Å². The molecule has 24 heavy (non-hydrogen) atoms. The number of thiocarbonyl (C=S) groups is 1. The van der Waals surface area contributed by atoms with Crippen molar-refractivity contribution in [3.8, 4) is 0 Å². The predicted molar refractivity (Wildman–Crippen MR) is 100 cm³/mol. The predicted octanol–water partition coefficient (Wildman–Crippen LogP) is 2.74. The first-order valence-electron chi connectivity index (χ1n) is 7.93. The Bertz CT molecular complexity index is 619. The van der Waals surface area contributed by atoms with Crippen molar-refractivity contribution in [3.05, 3.63) is 35.4 Å². The van der Waals surface area contributed by atoms with Crippen LogP contribution in [0.1, 0.15) is 36.3 Å². The van der Waals surface area contributed by atoms with Crippen LogP contribution in [-0.4, -0.2) is 45.2 Å². The summed E-state index contributed by atoms with van der Waals surface area (Å²) in [6, 6.07) is 7.40. The zero-order valence-electron chi connectivity index (χ0n) is 13.8. The van der Waals surface area contributed by atoms with Crippen molar-refractivity contribution in [1.29, 1.82) is 0 Å². The van der Waals surface area contributed by atoms with Crippen LogP contribution in [-0.2, 0) is 9.59 Å². The summed E-state index contributed by atoms with van der Waals surface area (Å²) in [4.78, 5) is 25.6. The van der Waals surface area contributed by atoms with Gasteiger partial charge in [-0.2, -0.15) is 0 Å². The Kier molecular flexibility index (Phi) is 6.62. The minimum atomic E-state index is -0.877. The number of carbonyl (C=O) groups excluding carboxylic acids is 1. The average molecular weight is 367 g/mol. The number of carbonyl (C=O) groups is 2. The maximum Gasteiger partial charge on any atom is 0.327 e. The number of carboxylic acid groups (broad SMARTS) is 1. The van der Waals surface area contributed by atoms with Crippen molar-refractivity contribution in [1.82, 2.24) is 10.2 Å². The largest absolute Gasteiger partial charge is 0.480 e. The van der Waals surface area contributed by atoms with E-state index in [9.17, 15) is 14.7 Å². The molecule has 5 nitrogen and oxygen atoms in total. The van der Waals surface area contributed by atoms with Gasteiger partial charge in [0, 0.05) is 25.1 Å². The topological polar surface area (TPSA) is 69.6 Å². The number of nitrogens with zero attached hydrogens (tertiary/aromatic N) is 1. The van der Waals surface area contributed by atoms with Gasteiger partial charge in [-0.15, -0.1) is 11.8 Å². The molecule has 0 saturated carbocycles. The summed E-state index contributed by atoms with van der Waals surface area (Å²) in [6.45, 7) is 4.45. The number of carboxylic acids is 1. The third-order valence-corrected chi connectivity index (χ3v) is 5.61. The highest BCUT2D eigenvalue weighted by molar-refractivity contribution is 7.99. The molecule has 1 saturated heterocycles. The molecule has 0 bridgehead atoms. The first-order chi connectivity index (χ1) is 11.4. The average Bonchev–Trinajstić information content (AvgIpc) is 2.99. The van der Waals surface area contributed by atoms with Crippen LogP contribution in [0.15, 0.2) is 24.3 Å². The number of nitrogens with one attached hydrogen (secondary N) is 1. The van der Waals surface area contributed by atoms with Gasteiger partial charge in [0.05, 0.1) is 4.99 Å². The molecule has 0 aromatic heterocycles. The summed E-state index contributed by atoms with van der Waals surface area (Å²) in [5, 5.41) is 12.1. The summed E-state index contributed by atoms with van der Waals surface area (Å²) in [6.07, 6.45) is 0.661. The zero-order chi connectivity index (χ0) is 17.7. The van der Waals surface area contributed by atoms with E-state index in [4.69, 9.17) is 12.2 Å². The van der Waals surface area contributed by atoms with Gasteiger partial charge >= 0.3 is 5.97 Å². The van der Waals surface area contributed by atoms with Crippen molar-refractivity contribution < 1.29 is 14.7 Å². The van der Waals surface area contributed by atoms with E-state index < -0.39 is 12.0 Å². The second kappa shape index (κ2) is 8.48. The molecule has 1 amide bonds. The van der Waals surface area contributed by atoms with Crippen LogP contribution in [0.2, 0.25) is 0 Å². The summed E-state index contributed by atoms with van der Waals surface area (Å²) in [5.74, 6) is -0.460. The standard InChI is InChI=1S/C17H22N2O3S2/c1-3-18-14(20)8-9-15(23)19-13(17(21)22)10-24-16(19)12-6-4-11(2)5-7-12/h4-7,13,16H,3,8-10H2,1-2H3,(H,18,20)(H,21,22)/t13-,16?/m0/s1. The van der Waals surface area contributed by atoms with E-state index in [0.717, 1.165) is 11.1 Å². The molecule has 1 aromatic rings. The highest BCUT2D eigenvalue weighted by atomic mass is 32.2. The van der Waals surface area contributed by atoms with Crippen LogP contribution < -0.4 is 5.32 Å². The lowest BCUT2D eigenvalue weighted by Crippen LogP contribution is -2.42. The highest BCUT2D eigenvalue weighted by Gasteiger charge is 2.40. The summed E-state index contributed by atoms with van der Waals surface area (Å²) >= 11 is 7.06. The van der Waals surface area contributed by atoms with E-state index in [-0.39, 0.29) is 17.7 Å². The fourth-order valence-corrected chi connectivity index (χ4v) is 4.48. The van der Waals surface area contributed by atoms with Gasteiger partial charge in [0.25, 0.3) is 0 Å². The van der Waals surface area contributed by atoms with E-state index in [1.54, 1.807) is 16.7 Å². The minimum Gasteiger partial charge on any atom is -0.480 e. The number of thioether (sulfide) groups is 1. The molecule has 1 aliphatic rings. The zero-order valence-corrected chi connectivity index (χ0v) is 15.5. The molecule has 2 rings (SSSR count). The second-order valence-corrected chi connectivity index (χ2v) is 7.29. The molecule has 1 unspecified atom stereocenters. The Morgan fingerprint density at radius 1 is 1.33 bits per heavy atom. The fourth-order valence-electron chi connectivity index (χ4n) is 2.62. The molecule has 1 fully saturated rings. The van der Waals surface area contributed by atoms with Crippen molar-refractivity contribution >= 4 is 40.8 Å². The number of aryl methyl sites for hydroxylation is 1. The quantitative estimate of drug-likeness (QED) is 0.755. The maximum atomic E-state index is 11.7. The van der Waals surface area contributed by atoms with Gasteiger partial charge in [0.15, 0.2) is 0 Å². The Morgan fingerprint density at radius 2 is 2.00 bits per heavy atom. The first-order valence-corrected chi connectivity index (χ1v) is 9.38. The lowest BCUT2D eigenvalue weighted by atomic mass is 10.1.